The third-order valence-corrected chi connectivity index (χ3v) is 5.60. The van der Waals surface area contributed by atoms with E-state index >= 15 is 0 Å². The van der Waals surface area contributed by atoms with Crippen LogP contribution in [0.25, 0.3) is 11.0 Å². The summed E-state index contributed by atoms with van der Waals surface area (Å²) in [5, 5.41) is 9.59. The van der Waals surface area contributed by atoms with E-state index in [0.717, 1.165) is 18.9 Å². The van der Waals surface area contributed by atoms with Crippen LogP contribution in [-0.2, 0) is 0 Å². The molecule has 0 aromatic carbocycles. The largest absolute Gasteiger partial charge is 0.396 e. The maximum Gasteiger partial charge on any atom is 0.351 e. The highest BCUT2D eigenvalue weighted by atomic mass is 19.1. The van der Waals surface area contributed by atoms with Crippen molar-refractivity contribution < 1.29 is 9.50 Å². The van der Waals surface area contributed by atoms with E-state index < -0.39 is 17.1 Å². The van der Waals surface area contributed by atoms with Crippen molar-refractivity contribution >= 4 is 16.9 Å². The summed E-state index contributed by atoms with van der Waals surface area (Å²) in [5.74, 6) is 5.03. The van der Waals surface area contributed by atoms with Crippen LogP contribution in [0.5, 0.6) is 0 Å². The van der Waals surface area contributed by atoms with Gasteiger partial charge in [0.1, 0.15) is 0 Å². The Morgan fingerprint density at radius 3 is 2.65 bits per heavy atom. The van der Waals surface area contributed by atoms with E-state index in [1.54, 1.807) is 4.90 Å². The quantitative estimate of drug-likeness (QED) is 0.755. The van der Waals surface area contributed by atoms with E-state index in [1.807, 2.05) is 13.8 Å². The van der Waals surface area contributed by atoms with Crippen molar-refractivity contribution in [3.63, 3.8) is 0 Å². The smallest absolute Gasteiger partial charge is 0.351 e. The lowest BCUT2D eigenvalue weighted by molar-refractivity contribution is 0.161. The second-order valence-corrected chi connectivity index (χ2v) is 7.97. The Labute approximate surface area is 148 Å². The Kier molecular flexibility index (Phi) is 3.62. The number of fused-ring (bicyclic) bond motifs is 1. The van der Waals surface area contributed by atoms with E-state index in [4.69, 9.17) is 5.84 Å². The van der Waals surface area contributed by atoms with Crippen molar-refractivity contribution in [1.29, 1.82) is 0 Å². The number of nitrogen functional groups attached to an aromatic ring is 1. The van der Waals surface area contributed by atoms with Crippen molar-refractivity contribution in [2.24, 2.45) is 11.3 Å². The van der Waals surface area contributed by atoms with Crippen LogP contribution in [0.15, 0.2) is 15.7 Å². The number of nitrogens with zero attached hydrogens (tertiary/aromatic N) is 4. The van der Waals surface area contributed by atoms with Gasteiger partial charge in [-0.3, -0.25) is 9.36 Å². The number of nitrogens with two attached hydrogens (primary N) is 1. The third kappa shape index (κ3) is 2.41. The van der Waals surface area contributed by atoms with Crippen LogP contribution in [0, 0.1) is 17.2 Å². The lowest BCUT2D eigenvalue weighted by Gasteiger charge is -2.23. The molecule has 140 valence electrons. The summed E-state index contributed by atoms with van der Waals surface area (Å²) < 4.78 is 16.7. The highest BCUT2D eigenvalue weighted by molar-refractivity contribution is 5.77. The molecule has 0 radical (unpaired) electrons. The van der Waals surface area contributed by atoms with Crippen LogP contribution >= 0.6 is 0 Å². The summed E-state index contributed by atoms with van der Waals surface area (Å²) >= 11 is 0. The maximum absolute atomic E-state index is 14.8. The molecule has 1 aliphatic carbocycles. The molecule has 2 aromatic heterocycles. The molecule has 8 nitrogen and oxygen atoms in total. The monoisotopic (exact) mass is 363 g/mol. The van der Waals surface area contributed by atoms with Crippen LogP contribution in [0.3, 0.4) is 0 Å². The van der Waals surface area contributed by atoms with Gasteiger partial charge in [-0.2, -0.15) is 4.68 Å². The van der Waals surface area contributed by atoms with Gasteiger partial charge in [-0.1, -0.05) is 13.8 Å². The first kappa shape index (κ1) is 17.0. The second kappa shape index (κ2) is 5.54. The molecule has 0 spiro atoms. The number of pyridine rings is 1. The fraction of sp³-hybridized carbons (Fsp3) is 0.588. The van der Waals surface area contributed by atoms with Gasteiger partial charge in [-0.15, -0.1) is 0 Å². The molecule has 2 aliphatic rings. The standard InChI is InChI=1S/C17H22FN5O3/c1-17(2)8-21(6-9(17)7-24)14-12(18)5-11-13(20-14)22(10-3-4-10)16(26)23(19)15(11)25/h5,9-10,24H,3-4,6-8,19H2,1-2H3/t9-/m1/s1. The first-order chi connectivity index (χ1) is 12.2. The van der Waals surface area contributed by atoms with Crippen LogP contribution in [-0.4, -0.2) is 39.0 Å². The molecule has 1 saturated heterocycles. The Hall–Kier alpha value is -2.42. The van der Waals surface area contributed by atoms with E-state index in [1.165, 1.54) is 4.57 Å². The van der Waals surface area contributed by atoms with Gasteiger partial charge >= 0.3 is 5.69 Å². The predicted molar refractivity (Wildman–Crippen MR) is 95.2 cm³/mol. The average Bonchev–Trinajstić information content (AvgIpc) is 3.36. The van der Waals surface area contributed by atoms with Gasteiger partial charge in [0.25, 0.3) is 5.56 Å². The number of hydrogen-bond acceptors (Lipinski definition) is 6. The van der Waals surface area contributed by atoms with Crippen molar-refractivity contribution in [1.82, 2.24) is 14.2 Å². The number of aromatic nitrogens is 3. The molecule has 4 rings (SSSR count). The maximum atomic E-state index is 14.8. The highest BCUT2D eigenvalue weighted by Gasteiger charge is 2.40. The molecule has 1 aliphatic heterocycles. The Morgan fingerprint density at radius 1 is 1.38 bits per heavy atom. The number of aliphatic hydroxyl groups excluding tert-OH is 1. The number of aliphatic hydroxyl groups is 1. The molecular formula is C17H22FN5O3. The van der Waals surface area contributed by atoms with Gasteiger partial charge in [-0.25, -0.2) is 14.2 Å². The first-order valence-corrected chi connectivity index (χ1v) is 8.73. The van der Waals surface area contributed by atoms with Gasteiger partial charge in [-0.05, 0) is 24.3 Å². The van der Waals surface area contributed by atoms with Crippen LogP contribution in [0.4, 0.5) is 10.2 Å². The molecule has 0 unspecified atom stereocenters. The molecule has 2 fully saturated rings. The van der Waals surface area contributed by atoms with Crippen LogP contribution in [0.1, 0.15) is 32.7 Å². The molecule has 26 heavy (non-hydrogen) atoms. The normalized spacial score (nSPS) is 22.3. The second-order valence-electron chi connectivity index (χ2n) is 7.97. The van der Waals surface area contributed by atoms with Crippen molar-refractivity contribution in [3.8, 4) is 0 Å². The SMILES string of the molecule is CC1(C)CN(c2nc3c(cc2F)c(=O)n(N)c(=O)n3C2CC2)C[C@@H]1CO. The molecule has 0 amide bonds. The Bertz CT molecular complexity index is 1010. The number of halogens is 1. The third-order valence-electron chi connectivity index (χ3n) is 5.60. The molecule has 1 saturated carbocycles. The van der Waals surface area contributed by atoms with Crippen LogP contribution in [0.2, 0.25) is 0 Å². The lowest BCUT2D eigenvalue weighted by Crippen LogP contribution is -2.45. The van der Waals surface area contributed by atoms with Crippen molar-refractivity contribution in [2.45, 2.75) is 32.7 Å². The van der Waals surface area contributed by atoms with Crippen LogP contribution < -0.4 is 22.0 Å². The number of rotatable bonds is 3. The van der Waals surface area contributed by atoms with Gasteiger partial charge in [0.15, 0.2) is 17.3 Å². The fourth-order valence-corrected chi connectivity index (χ4v) is 3.78. The summed E-state index contributed by atoms with van der Waals surface area (Å²) in [4.78, 5) is 30.9. The fourth-order valence-electron chi connectivity index (χ4n) is 3.78. The average molecular weight is 363 g/mol. The van der Waals surface area contributed by atoms with Crippen molar-refractivity contribution in [3.05, 3.63) is 32.7 Å². The predicted octanol–water partition coefficient (Wildman–Crippen LogP) is 0.201. The minimum absolute atomic E-state index is 0.00239. The first-order valence-electron chi connectivity index (χ1n) is 8.73. The summed E-state index contributed by atoms with van der Waals surface area (Å²) in [6, 6.07) is 1.05. The van der Waals surface area contributed by atoms with Gasteiger partial charge in [0.05, 0.1) is 5.39 Å². The van der Waals surface area contributed by atoms with Gasteiger partial charge in [0, 0.05) is 31.7 Å². The van der Waals surface area contributed by atoms with E-state index in [0.29, 0.717) is 17.8 Å². The molecule has 9 heteroatoms. The Balaban J connectivity index is 1.92. The summed E-state index contributed by atoms with van der Waals surface area (Å²) in [6.07, 6.45) is 1.59. The zero-order valence-corrected chi connectivity index (χ0v) is 14.8. The van der Waals surface area contributed by atoms with E-state index in [9.17, 15) is 19.1 Å². The highest BCUT2D eigenvalue weighted by Crippen LogP contribution is 2.39. The molecule has 3 heterocycles. The van der Waals surface area contributed by atoms with E-state index in [2.05, 4.69) is 4.98 Å². The van der Waals surface area contributed by atoms with Gasteiger partial charge in [0.2, 0.25) is 0 Å². The number of hydrogen-bond donors (Lipinski definition) is 2. The zero-order valence-electron chi connectivity index (χ0n) is 14.8. The molecule has 0 bridgehead atoms. The van der Waals surface area contributed by atoms with Crippen molar-refractivity contribution in [2.75, 3.05) is 30.4 Å². The number of anilines is 1. The van der Waals surface area contributed by atoms with Gasteiger partial charge < -0.3 is 15.8 Å². The topological polar surface area (TPSA) is 106 Å². The summed E-state index contributed by atoms with van der Waals surface area (Å²) in [5.41, 5.74) is -1.42. The molecule has 1 atom stereocenters. The summed E-state index contributed by atoms with van der Waals surface area (Å²) in [7, 11) is 0. The zero-order chi connectivity index (χ0) is 18.8. The lowest BCUT2D eigenvalue weighted by atomic mass is 9.83. The Morgan fingerprint density at radius 2 is 2.08 bits per heavy atom. The molecule has 3 N–H and O–H groups in total. The molecular weight excluding hydrogens is 341 g/mol. The minimum Gasteiger partial charge on any atom is -0.396 e. The van der Waals surface area contributed by atoms with E-state index in [-0.39, 0.29) is 40.8 Å². The minimum atomic E-state index is -0.755. The summed E-state index contributed by atoms with van der Waals surface area (Å²) in [6.45, 7) is 5.01. The molecule has 2 aromatic rings.